The summed E-state index contributed by atoms with van der Waals surface area (Å²) in [6.07, 6.45) is -1.16. The normalized spacial score (nSPS) is 29.1. The number of urea groups is 1. The predicted octanol–water partition coefficient (Wildman–Crippen LogP) is 1.62. The highest BCUT2D eigenvalue weighted by atomic mass is 79.9. The van der Waals surface area contributed by atoms with Crippen LogP contribution in [0.1, 0.15) is 19.4 Å². The lowest BCUT2D eigenvalue weighted by molar-refractivity contribution is -0.153. The molecule has 3 aliphatic rings. The molecule has 3 heterocycles. The summed E-state index contributed by atoms with van der Waals surface area (Å²) in [5, 5.41) is 4.27. The van der Waals surface area contributed by atoms with Crippen LogP contribution in [0.25, 0.3) is 0 Å². The molecule has 3 aliphatic heterocycles. The van der Waals surface area contributed by atoms with Crippen LogP contribution in [-0.4, -0.2) is 42.6 Å². The largest absolute Gasteiger partial charge is 0.372 e. The molecule has 144 valence electrons. The third-order valence-electron chi connectivity index (χ3n) is 5.42. The fraction of sp³-hybridized carbons (Fsp3) is 0.471. The van der Waals surface area contributed by atoms with Gasteiger partial charge in [-0.1, -0.05) is 0 Å². The lowest BCUT2D eigenvalue weighted by atomic mass is 9.66. The Balaban J connectivity index is 1.97. The molecule has 4 amide bonds. The number of carbonyl (C=O) groups is 3. The Morgan fingerprint density at radius 3 is 2.44 bits per heavy atom. The molecule has 2 N–H and O–H groups in total. The number of nitrogens with one attached hydrogen (secondary N) is 2. The maximum Gasteiger partial charge on any atom is 0.328 e. The molecule has 0 aliphatic carbocycles. The van der Waals surface area contributed by atoms with Crippen molar-refractivity contribution in [2.75, 3.05) is 11.4 Å². The first-order valence-electron chi connectivity index (χ1n) is 8.42. The maximum atomic E-state index is 14.8. The standard InChI is InChI=1S/C17H16BrF2N3O4/c1-6-5-23-12-8(3-9(18)10(19)11(12)20)4-17(13(23)7(2)27-6)14(24)21-16(26)22-15(17)25/h3,6-7,13H,4-5H2,1-2H3,(H2,21,22,24,25,26)/t6-,7+,13-/m1/s1. The average molecular weight is 444 g/mol. The van der Waals surface area contributed by atoms with Crippen molar-refractivity contribution >= 4 is 39.5 Å². The third kappa shape index (κ3) is 2.42. The molecule has 4 rings (SSSR count). The number of carbonyl (C=O) groups excluding carboxylic acids is 3. The van der Waals surface area contributed by atoms with Crippen LogP contribution >= 0.6 is 15.9 Å². The first-order chi connectivity index (χ1) is 12.7. The van der Waals surface area contributed by atoms with Crippen LogP contribution in [0.3, 0.4) is 0 Å². The van der Waals surface area contributed by atoms with E-state index in [9.17, 15) is 23.2 Å². The Morgan fingerprint density at radius 2 is 1.81 bits per heavy atom. The van der Waals surface area contributed by atoms with Gasteiger partial charge in [0.1, 0.15) is 0 Å². The van der Waals surface area contributed by atoms with Gasteiger partial charge in [0, 0.05) is 13.0 Å². The van der Waals surface area contributed by atoms with Gasteiger partial charge in [0.05, 0.1) is 28.4 Å². The van der Waals surface area contributed by atoms with Gasteiger partial charge in [-0.15, -0.1) is 0 Å². The fourth-order valence-corrected chi connectivity index (χ4v) is 4.95. The number of anilines is 1. The Hall–Kier alpha value is -2.07. The summed E-state index contributed by atoms with van der Waals surface area (Å²) in [6.45, 7) is 3.60. The number of benzene rings is 1. The molecule has 0 bridgehead atoms. The zero-order chi connectivity index (χ0) is 19.7. The highest BCUT2D eigenvalue weighted by Gasteiger charge is 2.63. The topological polar surface area (TPSA) is 87.7 Å². The van der Waals surface area contributed by atoms with Crippen molar-refractivity contribution < 1.29 is 27.9 Å². The molecule has 0 aromatic heterocycles. The number of hydrogen-bond donors (Lipinski definition) is 2. The molecule has 7 nitrogen and oxygen atoms in total. The molecule has 3 atom stereocenters. The number of barbiturate groups is 1. The number of nitrogens with zero attached hydrogens (tertiary/aromatic N) is 1. The molecular weight excluding hydrogens is 428 g/mol. The first-order valence-corrected chi connectivity index (χ1v) is 9.21. The number of halogens is 3. The molecule has 0 radical (unpaired) electrons. The van der Waals surface area contributed by atoms with Crippen molar-refractivity contribution in [2.24, 2.45) is 5.41 Å². The molecule has 1 spiro atoms. The molecule has 1 aromatic rings. The van der Waals surface area contributed by atoms with Crippen LogP contribution in [0, 0.1) is 17.0 Å². The van der Waals surface area contributed by atoms with Gasteiger partial charge < -0.3 is 9.64 Å². The van der Waals surface area contributed by atoms with E-state index in [1.165, 1.54) is 11.0 Å². The number of amides is 4. The third-order valence-corrected chi connectivity index (χ3v) is 6.00. The van der Waals surface area contributed by atoms with Crippen LogP contribution in [0.15, 0.2) is 10.5 Å². The van der Waals surface area contributed by atoms with Gasteiger partial charge in [-0.2, -0.15) is 0 Å². The van der Waals surface area contributed by atoms with Gasteiger partial charge >= 0.3 is 6.03 Å². The van der Waals surface area contributed by atoms with Crippen molar-refractivity contribution in [3.05, 3.63) is 27.7 Å². The van der Waals surface area contributed by atoms with Crippen molar-refractivity contribution in [3.8, 4) is 0 Å². The second-order valence-electron chi connectivity index (χ2n) is 7.13. The highest BCUT2D eigenvalue weighted by molar-refractivity contribution is 9.10. The van der Waals surface area contributed by atoms with Gasteiger partial charge in [0.2, 0.25) is 11.8 Å². The SMILES string of the molecule is C[C@@H]1CN2c3c(cc(Br)c(F)c3F)CC3(C(=O)NC(=O)NC3=O)[C@H]2[C@H](C)O1. The van der Waals surface area contributed by atoms with Gasteiger partial charge in [0.15, 0.2) is 17.0 Å². The number of fused-ring (bicyclic) bond motifs is 4. The Labute approximate surface area is 161 Å². The van der Waals surface area contributed by atoms with Gasteiger partial charge in [-0.25, -0.2) is 13.6 Å². The fourth-order valence-electron chi connectivity index (χ4n) is 4.50. The minimum Gasteiger partial charge on any atom is -0.372 e. The van der Waals surface area contributed by atoms with E-state index in [-0.39, 0.29) is 29.2 Å². The summed E-state index contributed by atoms with van der Waals surface area (Å²) in [5.74, 6) is -3.64. The summed E-state index contributed by atoms with van der Waals surface area (Å²) < 4.78 is 34.8. The smallest absolute Gasteiger partial charge is 0.328 e. The number of morpholine rings is 1. The number of ether oxygens (including phenoxy) is 1. The zero-order valence-electron chi connectivity index (χ0n) is 14.4. The Bertz CT molecular complexity index is 873. The second-order valence-corrected chi connectivity index (χ2v) is 7.98. The van der Waals surface area contributed by atoms with E-state index in [2.05, 4.69) is 26.6 Å². The van der Waals surface area contributed by atoms with E-state index in [1.807, 2.05) is 0 Å². The summed E-state index contributed by atoms with van der Waals surface area (Å²) in [4.78, 5) is 38.8. The molecule has 27 heavy (non-hydrogen) atoms. The van der Waals surface area contributed by atoms with Gasteiger partial charge in [-0.3, -0.25) is 20.2 Å². The van der Waals surface area contributed by atoms with Gasteiger partial charge in [-0.05, 0) is 41.4 Å². The Kier molecular flexibility index (Phi) is 4.04. The van der Waals surface area contributed by atoms with Crippen LogP contribution < -0.4 is 15.5 Å². The van der Waals surface area contributed by atoms with Crippen molar-refractivity contribution in [1.29, 1.82) is 0 Å². The zero-order valence-corrected chi connectivity index (χ0v) is 16.0. The Morgan fingerprint density at radius 1 is 1.19 bits per heavy atom. The van der Waals surface area contributed by atoms with E-state index in [1.54, 1.807) is 13.8 Å². The van der Waals surface area contributed by atoms with E-state index in [4.69, 9.17) is 4.74 Å². The lowest BCUT2D eigenvalue weighted by Gasteiger charge is -2.55. The maximum absolute atomic E-state index is 14.8. The summed E-state index contributed by atoms with van der Waals surface area (Å²) >= 11 is 2.98. The van der Waals surface area contributed by atoms with Crippen LogP contribution in [-0.2, 0) is 20.7 Å². The van der Waals surface area contributed by atoms with Gasteiger partial charge in [0.25, 0.3) is 0 Å². The molecule has 10 heteroatoms. The minimum atomic E-state index is -1.70. The quantitative estimate of drug-likeness (QED) is 0.469. The van der Waals surface area contributed by atoms with E-state index < -0.39 is 47.0 Å². The van der Waals surface area contributed by atoms with Crippen molar-refractivity contribution in [3.63, 3.8) is 0 Å². The van der Waals surface area contributed by atoms with Crippen molar-refractivity contribution in [1.82, 2.24) is 10.6 Å². The predicted molar refractivity (Wildman–Crippen MR) is 93.0 cm³/mol. The molecule has 0 unspecified atom stereocenters. The molecule has 2 saturated heterocycles. The monoisotopic (exact) mass is 443 g/mol. The van der Waals surface area contributed by atoms with E-state index in [0.717, 1.165) is 0 Å². The van der Waals surface area contributed by atoms with E-state index in [0.29, 0.717) is 5.56 Å². The van der Waals surface area contributed by atoms with Crippen molar-refractivity contribution in [2.45, 2.75) is 38.5 Å². The minimum absolute atomic E-state index is 0.0193. The van der Waals surface area contributed by atoms with E-state index >= 15 is 0 Å². The van der Waals surface area contributed by atoms with Crippen LogP contribution in [0.2, 0.25) is 0 Å². The molecule has 0 saturated carbocycles. The second kappa shape index (κ2) is 5.96. The highest BCUT2D eigenvalue weighted by Crippen LogP contribution is 2.48. The molecule has 2 fully saturated rings. The summed E-state index contributed by atoms with van der Waals surface area (Å²) in [6, 6.07) is -0.436. The van der Waals surface area contributed by atoms with Crippen LogP contribution in [0.5, 0.6) is 0 Å². The number of rotatable bonds is 0. The molecule has 1 aromatic carbocycles. The number of imide groups is 2. The lowest BCUT2D eigenvalue weighted by Crippen LogP contribution is -2.75. The number of hydrogen-bond acceptors (Lipinski definition) is 5. The molecular formula is C17H16BrF2N3O4. The first kappa shape index (κ1) is 18.3. The average Bonchev–Trinajstić information content (AvgIpc) is 2.56. The summed E-state index contributed by atoms with van der Waals surface area (Å²) in [7, 11) is 0. The van der Waals surface area contributed by atoms with Crippen LogP contribution in [0.4, 0.5) is 19.3 Å². The summed E-state index contributed by atoms with van der Waals surface area (Å²) in [5.41, 5.74) is -1.38.